The third kappa shape index (κ3) is 4.91. The van der Waals surface area contributed by atoms with Gasteiger partial charge in [0.25, 0.3) is 0 Å². The average molecular weight is 300 g/mol. The highest BCUT2D eigenvalue weighted by molar-refractivity contribution is 5.48. The van der Waals surface area contributed by atoms with Crippen LogP contribution in [0.2, 0.25) is 0 Å². The van der Waals surface area contributed by atoms with Crippen LogP contribution in [0.3, 0.4) is 0 Å². The first-order valence-corrected chi connectivity index (χ1v) is 7.67. The number of hydrogen-bond donors (Lipinski definition) is 2. The van der Waals surface area contributed by atoms with Crippen LogP contribution in [0.15, 0.2) is 30.3 Å². The van der Waals surface area contributed by atoms with E-state index in [1.807, 2.05) is 37.3 Å². The monoisotopic (exact) mass is 300 g/mol. The predicted octanol–water partition coefficient (Wildman–Crippen LogP) is 3.62. The molecule has 1 aromatic carbocycles. The maximum absolute atomic E-state index is 5.16. The minimum Gasteiger partial charge on any atom is -0.497 e. The summed E-state index contributed by atoms with van der Waals surface area (Å²) in [6.07, 6.45) is 2.30. The van der Waals surface area contributed by atoms with Crippen molar-refractivity contribution >= 4 is 11.6 Å². The summed E-state index contributed by atoms with van der Waals surface area (Å²) in [6, 6.07) is 9.95. The summed E-state index contributed by atoms with van der Waals surface area (Å²) in [5.74, 6) is 3.34. The van der Waals surface area contributed by atoms with E-state index in [-0.39, 0.29) is 0 Å². The Labute approximate surface area is 132 Å². The second-order valence-electron chi connectivity index (χ2n) is 5.17. The van der Waals surface area contributed by atoms with Gasteiger partial charge in [-0.2, -0.15) is 0 Å². The lowest BCUT2D eigenvalue weighted by molar-refractivity contribution is 0.414. The van der Waals surface area contributed by atoms with Crippen molar-refractivity contribution < 1.29 is 4.74 Å². The number of rotatable bonds is 8. The molecule has 2 N–H and O–H groups in total. The molecule has 0 aliphatic carbocycles. The summed E-state index contributed by atoms with van der Waals surface area (Å²) in [7, 11) is 1.67. The molecule has 0 radical (unpaired) electrons. The number of anilines is 2. The second-order valence-corrected chi connectivity index (χ2v) is 5.17. The molecule has 0 fully saturated rings. The Morgan fingerprint density at radius 3 is 2.36 bits per heavy atom. The van der Waals surface area contributed by atoms with Crippen LogP contribution in [0, 0.1) is 6.92 Å². The van der Waals surface area contributed by atoms with Crippen molar-refractivity contribution in [2.24, 2.45) is 0 Å². The zero-order valence-electron chi connectivity index (χ0n) is 13.5. The quantitative estimate of drug-likeness (QED) is 0.729. The van der Waals surface area contributed by atoms with Crippen LogP contribution in [0.25, 0.3) is 0 Å². The van der Waals surface area contributed by atoms with Gasteiger partial charge in [0.2, 0.25) is 0 Å². The van der Waals surface area contributed by atoms with E-state index < -0.39 is 0 Å². The molecule has 2 rings (SSSR count). The fraction of sp³-hybridized carbons (Fsp3) is 0.412. The normalized spacial score (nSPS) is 10.3. The first kappa shape index (κ1) is 16.1. The van der Waals surface area contributed by atoms with Crippen molar-refractivity contribution in [3.05, 3.63) is 41.7 Å². The van der Waals surface area contributed by atoms with Gasteiger partial charge in [-0.25, -0.2) is 9.97 Å². The molecule has 0 aliphatic heterocycles. The molecule has 0 unspecified atom stereocenters. The molecule has 1 heterocycles. The molecule has 0 spiro atoms. The fourth-order valence-electron chi connectivity index (χ4n) is 2.08. The number of ether oxygens (including phenoxy) is 1. The van der Waals surface area contributed by atoms with Gasteiger partial charge in [0.05, 0.1) is 7.11 Å². The van der Waals surface area contributed by atoms with Gasteiger partial charge < -0.3 is 15.4 Å². The predicted molar refractivity (Wildman–Crippen MR) is 90.5 cm³/mol. The van der Waals surface area contributed by atoms with Gasteiger partial charge in [-0.3, -0.25) is 0 Å². The van der Waals surface area contributed by atoms with E-state index in [0.29, 0.717) is 0 Å². The van der Waals surface area contributed by atoms with Gasteiger partial charge in [0.15, 0.2) is 0 Å². The van der Waals surface area contributed by atoms with Gasteiger partial charge in [-0.1, -0.05) is 25.5 Å². The molecule has 22 heavy (non-hydrogen) atoms. The number of nitrogens with one attached hydrogen (secondary N) is 2. The first-order chi connectivity index (χ1) is 10.7. The molecule has 1 aromatic heterocycles. The standard InChI is InChI=1S/C17H24N4O/c1-4-5-10-18-16-11-17(21-13(2)20-16)19-12-14-6-8-15(22-3)9-7-14/h6-9,11H,4-5,10,12H2,1-3H3,(H2,18,19,20,21). The molecule has 2 aromatic rings. The first-order valence-electron chi connectivity index (χ1n) is 7.67. The van der Waals surface area contributed by atoms with E-state index in [1.165, 1.54) is 12.0 Å². The summed E-state index contributed by atoms with van der Waals surface area (Å²) in [5.41, 5.74) is 1.18. The lowest BCUT2D eigenvalue weighted by atomic mass is 10.2. The van der Waals surface area contributed by atoms with Gasteiger partial charge >= 0.3 is 0 Å². The van der Waals surface area contributed by atoms with E-state index in [9.17, 15) is 0 Å². The minimum absolute atomic E-state index is 0.717. The second kappa shape index (κ2) is 8.22. The number of hydrogen-bond acceptors (Lipinski definition) is 5. The van der Waals surface area contributed by atoms with E-state index in [0.717, 1.165) is 42.7 Å². The summed E-state index contributed by atoms with van der Waals surface area (Å²) in [5, 5.41) is 6.67. The van der Waals surface area contributed by atoms with Crippen molar-refractivity contribution in [3.8, 4) is 5.75 Å². The molecule has 0 aliphatic rings. The van der Waals surface area contributed by atoms with Crippen LogP contribution in [0.4, 0.5) is 11.6 Å². The topological polar surface area (TPSA) is 59.1 Å². The Hall–Kier alpha value is -2.30. The number of unbranched alkanes of at least 4 members (excludes halogenated alkanes) is 1. The van der Waals surface area contributed by atoms with Crippen LogP contribution in [-0.4, -0.2) is 23.6 Å². The molecule has 5 nitrogen and oxygen atoms in total. The van der Waals surface area contributed by atoms with Gasteiger partial charge in [0.1, 0.15) is 23.2 Å². The highest BCUT2D eigenvalue weighted by Crippen LogP contribution is 2.15. The Morgan fingerprint density at radius 1 is 1.05 bits per heavy atom. The maximum Gasteiger partial charge on any atom is 0.132 e. The zero-order chi connectivity index (χ0) is 15.8. The van der Waals surface area contributed by atoms with Gasteiger partial charge in [-0.05, 0) is 31.0 Å². The van der Waals surface area contributed by atoms with Crippen molar-refractivity contribution in [2.45, 2.75) is 33.2 Å². The van der Waals surface area contributed by atoms with Gasteiger partial charge in [-0.15, -0.1) is 0 Å². The molecule has 0 amide bonds. The Bertz CT molecular complexity index is 584. The smallest absolute Gasteiger partial charge is 0.132 e. The maximum atomic E-state index is 5.16. The molecular formula is C17H24N4O. The number of benzene rings is 1. The van der Waals surface area contributed by atoms with E-state index >= 15 is 0 Å². The summed E-state index contributed by atoms with van der Waals surface area (Å²) >= 11 is 0. The van der Waals surface area contributed by atoms with Crippen molar-refractivity contribution in [2.75, 3.05) is 24.3 Å². The average Bonchev–Trinajstić information content (AvgIpc) is 2.53. The highest BCUT2D eigenvalue weighted by Gasteiger charge is 2.02. The van der Waals surface area contributed by atoms with Crippen molar-refractivity contribution in [1.29, 1.82) is 0 Å². The summed E-state index contributed by atoms with van der Waals surface area (Å²) < 4.78 is 5.16. The number of aryl methyl sites for hydroxylation is 1. The summed E-state index contributed by atoms with van der Waals surface area (Å²) in [6.45, 7) is 5.73. The van der Waals surface area contributed by atoms with Crippen LogP contribution in [0.1, 0.15) is 31.2 Å². The molecule has 0 saturated heterocycles. The lowest BCUT2D eigenvalue weighted by Gasteiger charge is -2.10. The van der Waals surface area contributed by atoms with E-state index in [2.05, 4.69) is 27.5 Å². The molecule has 0 saturated carbocycles. The van der Waals surface area contributed by atoms with Crippen molar-refractivity contribution in [1.82, 2.24) is 9.97 Å². The SMILES string of the molecule is CCCCNc1cc(NCc2ccc(OC)cc2)nc(C)n1. The molecular weight excluding hydrogens is 276 g/mol. The largest absolute Gasteiger partial charge is 0.497 e. The Balaban J connectivity index is 1.96. The molecule has 0 bridgehead atoms. The third-order valence-corrected chi connectivity index (χ3v) is 3.31. The van der Waals surface area contributed by atoms with Crippen LogP contribution >= 0.6 is 0 Å². The fourth-order valence-corrected chi connectivity index (χ4v) is 2.08. The zero-order valence-corrected chi connectivity index (χ0v) is 13.5. The van der Waals surface area contributed by atoms with Crippen LogP contribution < -0.4 is 15.4 Å². The van der Waals surface area contributed by atoms with Gasteiger partial charge in [0, 0.05) is 19.2 Å². The third-order valence-electron chi connectivity index (χ3n) is 3.31. The Kier molecular flexibility index (Phi) is 6.01. The molecule has 5 heteroatoms. The number of nitrogens with zero attached hydrogens (tertiary/aromatic N) is 2. The van der Waals surface area contributed by atoms with Crippen LogP contribution in [-0.2, 0) is 6.54 Å². The molecule has 118 valence electrons. The molecule has 0 atom stereocenters. The number of methoxy groups -OCH3 is 1. The summed E-state index contributed by atoms with van der Waals surface area (Å²) in [4.78, 5) is 8.83. The Morgan fingerprint density at radius 2 is 1.73 bits per heavy atom. The number of aromatic nitrogens is 2. The van der Waals surface area contributed by atoms with E-state index in [1.54, 1.807) is 7.11 Å². The van der Waals surface area contributed by atoms with Crippen molar-refractivity contribution in [3.63, 3.8) is 0 Å². The van der Waals surface area contributed by atoms with E-state index in [4.69, 9.17) is 4.74 Å². The van der Waals surface area contributed by atoms with Crippen LogP contribution in [0.5, 0.6) is 5.75 Å². The minimum atomic E-state index is 0.717. The lowest BCUT2D eigenvalue weighted by Crippen LogP contribution is -2.07. The highest BCUT2D eigenvalue weighted by atomic mass is 16.5.